The lowest BCUT2D eigenvalue weighted by Gasteiger charge is -2.14. The van der Waals surface area contributed by atoms with Gasteiger partial charge >= 0.3 is 5.97 Å². The van der Waals surface area contributed by atoms with Gasteiger partial charge in [0.15, 0.2) is 0 Å². The van der Waals surface area contributed by atoms with Gasteiger partial charge in [-0.2, -0.15) is 0 Å². The van der Waals surface area contributed by atoms with Crippen LogP contribution in [-0.2, 0) is 13.7 Å². The average Bonchev–Trinajstić information content (AvgIpc) is 3.56. The predicted molar refractivity (Wildman–Crippen MR) is 120 cm³/mol. The lowest BCUT2D eigenvalue weighted by molar-refractivity contribution is 0.0697. The summed E-state index contributed by atoms with van der Waals surface area (Å²) in [6, 6.07) is 15.1. The highest BCUT2D eigenvalue weighted by molar-refractivity contribution is 5.99. The Labute approximate surface area is 179 Å². The van der Waals surface area contributed by atoms with Gasteiger partial charge in [-0.1, -0.05) is 24.3 Å². The minimum absolute atomic E-state index is 0.173. The summed E-state index contributed by atoms with van der Waals surface area (Å²) >= 11 is 0. The molecule has 2 heterocycles. The molecule has 1 saturated carbocycles. The Morgan fingerprint density at radius 2 is 1.97 bits per heavy atom. The van der Waals surface area contributed by atoms with E-state index in [1.54, 1.807) is 24.4 Å². The third-order valence-corrected chi connectivity index (χ3v) is 5.84. The minimum Gasteiger partial charge on any atom is -0.478 e. The van der Waals surface area contributed by atoms with Crippen molar-refractivity contribution in [3.63, 3.8) is 0 Å². The first kappa shape index (κ1) is 19.3. The lowest BCUT2D eigenvalue weighted by Crippen LogP contribution is -2.06. The summed E-state index contributed by atoms with van der Waals surface area (Å²) in [5.74, 6) is -0.245. The first-order chi connectivity index (χ1) is 15.0. The van der Waals surface area contributed by atoms with E-state index in [-0.39, 0.29) is 5.56 Å². The van der Waals surface area contributed by atoms with Gasteiger partial charge in [0.2, 0.25) is 0 Å². The fourth-order valence-corrected chi connectivity index (χ4v) is 4.03. The van der Waals surface area contributed by atoms with Gasteiger partial charge in [-0.15, -0.1) is 0 Å². The third-order valence-electron chi connectivity index (χ3n) is 5.84. The number of aromatic nitrogens is 2. The third kappa shape index (κ3) is 3.65. The van der Waals surface area contributed by atoms with Crippen LogP contribution in [0, 0.1) is 0 Å². The summed E-state index contributed by atoms with van der Waals surface area (Å²) in [5.41, 5.74) is 5.52. The Morgan fingerprint density at radius 1 is 1.19 bits per heavy atom. The lowest BCUT2D eigenvalue weighted by atomic mass is 10.0. The van der Waals surface area contributed by atoms with E-state index in [1.807, 2.05) is 48.1 Å². The van der Waals surface area contributed by atoms with Crippen molar-refractivity contribution in [2.45, 2.75) is 25.4 Å². The molecule has 0 amide bonds. The zero-order chi connectivity index (χ0) is 21.5. The SMILES string of the molecule is Cn1ccc2cc(Nc3ncc(C4CC4)cc3C(=O)O)cc(-c3ccc(CF)cc3)c21. The Hall–Kier alpha value is -3.67. The molecule has 0 spiro atoms. The van der Waals surface area contributed by atoms with Gasteiger partial charge < -0.3 is 15.0 Å². The van der Waals surface area contributed by atoms with Crippen LogP contribution in [0.4, 0.5) is 15.9 Å². The van der Waals surface area contributed by atoms with E-state index in [9.17, 15) is 14.3 Å². The van der Waals surface area contributed by atoms with Crippen LogP contribution >= 0.6 is 0 Å². The van der Waals surface area contributed by atoms with Crippen molar-refractivity contribution in [1.82, 2.24) is 9.55 Å². The first-order valence-electron chi connectivity index (χ1n) is 10.3. The smallest absolute Gasteiger partial charge is 0.339 e. The average molecular weight is 415 g/mol. The highest BCUT2D eigenvalue weighted by atomic mass is 19.1. The molecule has 31 heavy (non-hydrogen) atoms. The van der Waals surface area contributed by atoms with Crippen LogP contribution in [0.2, 0.25) is 0 Å². The molecule has 2 aromatic heterocycles. The standard InChI is InChI=1S/C25H22FN3O2/c1-29-9-8-18-10-20(12-21(23(18)29)17-4-2-15(13-26)3-5-17)28-24-22(25(30)31)11-19(14-27-24)16-6-7-16/h2-5,8-12,14,16H,6-7,13H2,1H3,(H,27,28)(H,30,31). The Morgan fingerprint density at radius 3 is 2.65 bits per heavy atom. The zero-order valence-electron chi connectivity index (χ0n) is 17.1. The fraction of sp³-hybridized carbons (Fsp3) is 0.200. The van der Waals surface area contributed by atoms with E-state index < -0.39 is 12.6 Å². The number of nitrogens with zero attached hydrogens (tertiary/aromatic N) is 2. The zero-order valence-corrected chi connectivity index (χ0v) is 17.1. The highest BCUT2D eigenvalue weighted by Crippen LogP contribution is 2.41. The molecule has 1 fully saturated rings. The molecule has 2 aromatic carbocycles. The molecule has 5 rings (SSSR count). The molecule has 5 nitrogen and oxygen atoms in total. The van der Waals surface area contributed by atoms with Gasteiger partial charge in [0.1, 0.15) is 18.1 Å². The van der Waals surface area contributed by atoms with Crippen LogP contribution in [0.1, 0.15) is 40.2 Å². The molecule has 0 saturated heterocycles. The fourth-order valence-electron chi connectivity index (χ4n) is 4.03. The van der Waals surface area contributed by atoms with E-state index in [0.29, 0.717) is 17.3 Å². The predicted octanol–water partition coefficient (Wildman–Crippen LogP) is 6.03. The van der Waals surface area contributed by atoms with Crippen molar-refractivity contribution in [3.05, 3.63) is 77.6 Å². The van der Waals surface area contributed by atoms with E-state index >= 15 is 0 Å². The largest absolute Gasteiger partial charge is 0.478 e. The molecular formula is C25H22FN3O2. The summed E-state index contributed by atoms with van der Waals surface area (Å²) in [7, 11) is 1.98. The molecule has 0 unspecified atom stereocenters. The van der Waals surface area contributed by atoms with Crippen molar-refractivity contribution in [2.75, 3.05) is 5.32 Å². The second-order valence-corrected chi connectivity index (χ2v) is 8.09. The molecule has 0 bridgehead atoms. The van der Waals surface area contributed by atoms with Crippen molar-refractivity contribution in [1.29, 1.82) is 0 Å². The summed E-state index contributed by atoms with van der Waals surface area (Å²) in [6.45, 7) is -0.498. The van der Waals surface area contributed by atoms with Gasteiger partial charge in [0, 0.05) is 36.1 Å². The number of nitrogens with one attached hydrogen (secondary N) is 1. The molecule has 0 aliphatic heterocycles. The number of benzene rings is 2. The van der Waals surface area contributed by atoms with Crippen molar-refractivity contribution in [3.8, 4) is 11.1 Å². The molecule has 0 atom stereocenters. The normalized spacial score (nSPS) is 13.5. The monoisotopic (exact) mass is 415 g/mol. The second kappa shape index (κ2) is 7.54. The topological polar surface area (TPSA) is 67.2 Å². The maximum absolute atomic E-state index is 12.9. The number of anilines is 2. The van der Waals surface area contributed by atoms with Crippen LogP contribution in [0.25, 0.3) is 22.0 Å². The van der Waals surface area contributed by atoms with E-state index in [0.717, 1.165) is 46.1 Å². The number of aromatic carboxylic acids is 1. The molecular weight excluding hydrogens is 393 g/mol. The summed E-state index contributed by atoms with van der Waals surface area (Å²) in [5, 5.41) is 13.9. The Balaban J connectivity index is 1.59. The quantitative estimate of drug-likeness (QED) is 0.404. The summed E-state index contributed by atoms with van der Waals surface area (Å²) in [4.78, 5) is 16.3. The molecule has 6 heteroatoms. The van der Waals surface area contributed by atoms with E-state index in [2.05, 4.69) is 10.3 Å². The number of alkyl halides is 1. The van der Waals surface area contributed by atoms with Crippen LogP contribution in [0.3, 0.4) is 0 Å². The molecule has 2 N–H and O–H groups in total. The van der Waals surface area contributed by atoms with Gasteiger partial charge in [-0.25, -0.2) is 14.2 Å². The number of carboxylic acids is 1. The maximum Gasteiger partial charge on any atom is 0.339 e. The van der Waals surface area contributed by atoms with Crippen molar-refractivity contribution < 1.29 is 14.3 Å². The van der Waals surface area contributed by atoms with Crippen LogP contribution < -0.4 is 5.32 Å². The number of fused-ring (bicyclic) bond motifs is 1. The van der Waals surface area contributed by atoms with E-state index in [4.69, 9.17) is 0 Å². The highest BCUT2D eigenvalue weighted by Gasteiger charge is 2.26. The number of hydrogen-bond acceptors (Lipinski definition) is 3. The molecule has 0 radical (unpaired) electrons. The van der Waals surface area contributed by atoms with Crippen LogP contribution in [0.15, 0.2) is 60.9 Å². The number of hydrogen-bond donors (Lipinski definition) is 2. The van der Waals surface area contributed by atoms with Crippen molar-refractivity contribution in [2.24, 2.45) is 7.05 Å². The summed E-state index contributed by atoms with van der Waals surface area (Å²) < 4.78 is 15.0. The summed E-state index contributed by atoms with van der Waals surface area (Å²) in [6.07, 6.45) is 5.93. The maximum atomic E-state index is 12.9. The van der Waals surface area contributed by atoms with Crippen LogP contribution in [-0.4, -0.2) is 20.6 Å². The van der Waals surface area contributed by atoms with Crippen LogP contribution in [0.5, 0.6) is 0 Å². The number of aryl methyl sites for hydroxylation is 1. The van der Waals surface area contributed by atoms with E-state index in [1.165, 1.54) is 0 Å². The molecule has 4 aromatic rings. The molecule has 156 valence electrons. The second-order valence-electron chi connectivity index (χ2n) is 8.09. The van der Waals surface area contributed by atoms with Gasteiger partial charge in [0.05, 0.1) is 5.52 Å². The number of carbonyl (C=O) groups is 1. The minimum atomic E-state index is -1.000. The Kier molecular flexibility index (Phi) is 4.70. The first-order valence-corrected chi connectivity index (χ1v) is 10.3. The number of pyridine rings is 1. The van der Waals surface area contributed by atoms with Gasteiger partial charge in [0.25, 0.3) is 0 Å². The van der Waals surface area contributed by atoms with Gasteiger partial charge in [-0.3, -0.25) is 0 Å². The van der Waals surface area contributed by atoms with Crippen molar-refractivity contribution >= 4 is 28.4 Å². The Bertz CT molecular complexity index is 1290. The molecule has 1 aliphatic rings. The number of carboxylic acid groups (broad SMARTS) is 1. The van der Waals surface area contributed by atoms with Gasteiger partial charge in [-0.05, 0) is 59.7 Å². The molecule has 1 aliphatic carbocycles. The number of rotatable bonds is 6. The number of halogens is 1.